The first-order valence-corrected chi connectivity index (χ1v) is 6.55. The number of pyridine rings is 1. The molecule has 0 aliphatic carbocycles. The third kappa shape index (κ3) is 2.81. The molecule has 5 nitrogen and oxygen atoms in total. The lowest BCUT2D eigenvalue weighted by Gasteiger charge is -2.13. The summed E-state index contributed by atoms with van der Waals surface area (Å²) in [7, 11) is 0. The number of aryl methyl sites for hydroxylation is 2. The lowest BCUT2D eigenvalue weighted by atomic mass is 9.99. The molecule has 0 aliphatic heterocycles. The molecule has 0 spiro atoms. The van der Waals surface area contributed by atoms with Crippen molar-refractivity contribution in [2.45, 2.75) is 46.1 Å². The third-order valence-electron chi connectivity index (χ3n) is 3.26. The van der Waals surface area contributed by atoms with Crippen molar-refractivity contribution in [3.63, 3.8) is 0 Å². The van der Waals surface area contributed by atoms with Crippen molar-refractivity contribution >= 4 is 0 Å². The van der Waals surface area contributed by atoms with E-state index >= 15 is 0 Å². The van der Waals surface area contributed by atoms with Gasteiger partial charge in [-0.15, -0.1) is 0 Å². The summed E-state index contributed by atoms with van der Waals surface area (Å²) in [5.74, 6) is 1.22. The maximum atomic E-state index is 5.93. The van der Waals surface area contributed by atoms with Gasteiger partial charge >= 0.3 is 0 Å². The van der Waals surface area contributed by atoms with Crippen LogP contribution < -0.4 is 5.73 Å². The zero-order valence-corrected chi connectivity index (χ0v) is 11.8. The van der Waals surface area contributed by atoms with Crippen LogP contribution in [0, 0.1) is 13.8 Å². The molecule has 0 radical (unpaired) electrons. The molecule has 0 fully saturated rings. The Bertz CT molecular complexity index is 562. The maximum Gasteiger partial charge on any atom is 0.231 e. The minimum atomic E-state index is -0.00891. The smallest absolute Gasteiger partial charge is 0.231 e. The fraction of sp³-hybridized carbons (Fsp3) is 0.500. The molecule has 2 heterocycles. The van der Waals surface area contributed by atoms with Crippen LogP contribution in [0.2, 0.25) is 0 Å². The first kappa shape index (κ1) is 13.7. The summed E-state index contributed by atoms with van der Waals surface area (Å²) in [6.07, 6.45) is 2.68. The molecule has 19 heavy (non-hydrogen) atoms. The van der Waals surface area contributed by atoms with Crippen LogP contribution in [-0.2, 0) is 0 Å². The molecule has 2 aromatic rings. The second-order valence-electron chi connectivity index (χ2n) is 5.01. The summed E-state index contributed by atoms with van der Waals surface area (Å²) in [5.41, 5.74) is 8.86. The van der Waals surface area contributed by atoms with Crippen molar-refractivity contribution in [1.29, 1.82) is 0 Å². The van der Waals surface area contributed by atoms with E-state index in [0.29, 0.717) is 11.7 Å². The van der Waals surface area contributed by atoms with Gasteiger partial charge in [-0.2, -0.15) is 4.98 Å². The summed E-state index contributed by atoms with van der Waals surface area (Å²) in [4.78, 5) is 8.82. The van der Waals surface area contributed by atoms with Gasteiger partial charge < -0.3 is 10.3 Å². The largest absolute Gasteiger partial charge is 0.339 e. The molecule has 0 saturated heterocycles. The second-order valence-corrected chi connectivity index (χ2v) is 5.01. The van der Waals surface area contributed by atoms with Crippen LogP contribution in [-0.4, -0.2) is 21.2 Å². The molecule has 2 rings (SSSR count). The average Bonchev–Trinajstić information content (AvgIpc) is 2.78. The highest BCUT2D eigenvalue weighted by Gasteiger charge is 2.22. The monoisotopic (exact) mass is 260 g/mol. The van der Waals surface area contributed by atoms with E-state index in [9.17, 15) is 0 Å². The van der Waals surface area contributed by atoms with Crippen LogP contribution >= 0.6 is 0 Å². The first-order valence-electron chi connectivity index (χ1n) is 6.55. The van der Waals surface area contributed by atoms with Gasteiger partial charge in [-0.3, -0.25) is 4.98 Å². The summed E-state index contributed by atoms with van der Waals surface area (Å²) in [6.45, 7) is 8.02. The minimum absolute atomic E-state index is 0.00891. The number of nitrogens with two attached hydrogens (primary N) is 1. The van der Waals surface area contributed by atoms with Gasteiger partial charge in [-0.05, 0) is 38.3 Å². The molecular formula is C14H20N4O. The van der Waals surface area contributed by atoms with Crippen LogP contribution in [0.1, 0.15) is 43.2 Å². The Morgan fingerprint density at radius 1 is 1.37 bits per heavy atom. The quantitative estimate of drug-likeness (QED) is 0.914. The molecule has 102 valence electrons. The Balaban J connectivity index is 2.35. The molecule has 0 bridgehead atoms. The van der Waals surface area contributed by atoms with Gasteiger partial charge in [0.25, 0.3) is 0 Å². The van der Waals surface area contributed by atoms with Crippen LogP contribution in [0.3, 0.4) is 0 Å². The van der Waals surface area contributed by atoms with E-state index < -0.39 is 0 Å². The van der Waals surface area contributed by atoms with Crippen molar-refractivity contribution in [1.82, 2.24) is 15.1 Å². The van der Waals surface area contributed by atoms with E-state index in [1.807, 2.05) is 20.8 Å². The van der Waals surface area contributed by atoms with E-state index in [1.54, 1.807) is 6.20 Å². The van der Waals surface area contributed by atoms with E-state index in [1.165, 1.54) is 0 Å². The molecule has 5 heteroatoms. The van der Waals surface area contributed by atoms with Crippen LogP contribution in [0.5, 0.6) is 0 Å². The normalized spacial score (nSPS) is 14.4. The van der Waals surface area contributed by atoms with Gasteiger partial charge in [-0.25, -0.2) is 0 Å². The van der Waals surface area contributed by atoms with Gasteiger partial charge in [0.1, 0.15) is 5.69 Å². The predicted octanol–water partition coefficient (Wildman–Crippen LogP) is 2.59. The van der Waals surface area contributed by atoms with Gasteiger partial charge in [0.05, 0.1) is 5.92 Å². The highest BCUT2D eigenvalue weighted by atomic mass is 16.5. The van der Waals surface area contributed by atoms with Crippen molar-refractivity contribution in [3.05, 3.63) is 29.3 Å². The Labute approximate surface area is 113 Å². The molecule has 0 saturated carbocycles. The average molecular weight is 260 g/mol. The van der Waals surface area contributed by atoms with E-state index in [2.05, 4.69) is 28.1 Å². The Kier molecular flexibility index (Phi) is 3.95. The second kappa shape index (κ2) is 5.48. The molecule has 0 amide bonds. The highest BCUT2D eigenvalue weighted by molar-refractivity contribution is 5.54. The topological polar surface area (TPSA) is 77.8 Å². The number of hydrogen-bond donors (Lipinski definition) is 1. The van der Waals surface area contributed by atoms with Crippen molar-refractivity contribution in [2.75, 3.05) is 0 Å². The van der Waals surface area contributed by atoms with Gasteiger partial charge in [0, 0.05) is 12.2 Å². The number of rotatable bonds is 4. The Morgan fingerprint density at radius 3 is 2.68 bits per heavy atom. The Hall–Kier alpha value is -1.75. The number of nitrogens with zero attached hydrogens (tertiary/aromatic N) is 3. The van der Waals surface area contributed by atoms with Crippen molar-refractivity contribution in [2.24, 2.45) is 5.73 Å². The van der Waals surface area contributed by atoms with E-state index in [0.717, 1.165) is 23.2 Å². The van der Waals surface area contributed by atoms with Crippen LogP contribution in [0.15, 0.2) is 16.8 Å². The molecule has 2 N–H and O–H groups in total. The molecule has 0 aliphatic rings. The molecule has 2 aromatic heterocycles. The summed E-state index contributed by atoms with van der Waals surface area (Å²) in [6, 6.07) is 2.05. The Morgan fingerprint density at radius 2 is 2.11 bits per heavy atom. The molecule has 0 aromatic carbocycles. The van der Waals surface area contributed by atoms with Crippen molar-refractivity contribution in [3.8, 4) is 11.5 Å². The number of hydrogen-bond acceptors (Lipinski definition) is 5. The van der Waals surface area contributed by atoms with Gasteiger partial charge in [0.15, 0.2) is 0 Å². The van der Waals surface area contributed by atoms with Gasteiger partial charge in [0.2, 0.25) is 11.7 Å². The summed E-state index contributed by atoms with van der Waals surface area (Å²) < 4.78 is 5.34. The summed E-state index contributed by atoms with van der Waals surface area (Å²) >= 11 is 0. The maximum absolute atomic E-state index is 5.93. The van der Waals surface area contributed by atoms with Crippen LogP contribution in [0.25, 0.3) is 11.5 Å². The SMILES string of the molecule is CCC(c1nc(-c2ncc(C)cc2C)no1)C(C)N. The standard InChI is InChI=1S/C14H20N4O/c1-5-11(10(4)15)14-17-13(18-19-14)12-9(3)6-8(2)7-16-12/h6-7,10-11H,5,15H2,1-4H3. The summed E-state index contributed by atoms with van der Waals surface area (Å²) in [5, 5.41) is 4.02. The fourth-order valence-electron chi connectivity index (χ4n) is 2.20. The third-order valence-corrected chi connectivity index (χ3v) is 3.26. The zero-order valence-electron chi connectivity index (χ0n) is 11.8. The van der Waals surface area contributed by atoms with E-state index in [4.69, 9.17) is 10.3 Å². The van der Waals surface area contributed by atoms with E-state index in [-0.39, 0.29) is 12.0 Å². The van der Waals surface area contributed by atoms with Gasteiger partial charge in [-0.1, -0.05) is 18.1 Å². The fourth-order valence-corrected chi connectivity index (χ4v) is 2.20. The molecule has 2 unspecified atom stereocenters. The molecule has 2 atom stereocenters. The first-order chi connectivity index (χ1) is 9.02. The highest BCUT2D eigenvalue weighted by Crippen LogP contribution is 2.24. The predicted molar refractivity (Wildman–Crippen MR) is 73.7 cm³/mol. The molecular weight excluding hydrogens is 240 g/mol. The lowest BCUT2D eigenvalue weighted by Crippen LogP contribution is -2.24. The zero-order chi connectivity index (χ0) is 14.0. The van der Waals surface area contributed by atoms with Crippen LogP contribution in [0.4, 0.5) is 0 Å². The number of aromatic nitrogens is 3. The van der Waals surface area contributed by atoms with Crippen molar-refractivity contribution < 1.29 is 4.52 Å². The lowest BCUT2D eigenvalue weighted by molar-refractivity contribution is 0.334. The minimum Gasteiger partial charge on any atom is -0.339 e.